The third-order valence-corrected chi connectivity index (χ3v) is 5.47. The first-order valence-electron chi connectivity index (χ1n) is 11.3. The highest BCUT2D eigenvalue weighted by Crippen LogP contribution is 2.27. The Balaban J connectivity index is 0.000000612. The van der Waals surface area contributed by atoms with E-state index in [1.165, 1.54) is 36.8 Å². The van der Waals surface area contributed by atoms with E-state index in [4.69, 9.17) is 5.73 Å². The third kappa shape index (κ3) is 11.4. The van der Waals surface area contributed by atoms with E-state index in [2.05, 4.69) is 70.4 Å². The van der Waals surface area contributed by atoms with Crippen molar-refractivity contribution in [1.82, 2.24) is 0 Å². The van der Waals surface area contributed by atoms with Gasteiger partial charge in [-0.1, -0.05) is 72.1 Å². The summed E-state index contributed by atoms with van der Waals surface area (Å²) in [4.78, 5) is 0. The molecule has 1 nitrogen and oxygen atoms in total. The summed E-state index contributed by atoms with van der Waals surface area (Å²) in [5.41, 5.74) is 15.6. The van der Waals surface area contributed by atoms with Gasteiger partial charge in [0.25, 0.3) is 0 Å². The molecule has 0 heterocycles. The maximum absolute atomic E-state index is 5.76. The Morgan fingerprint density at radius 2 is 1.59 bits per heavy atom. The van der Waals surface area contributed by atoms with Gasteiger partial charge in [0, 0.05) is 5.69 Å². The molecule has 0 radical (unpaired) electrons. The van der Waals surface area contributed by atoms with E-state index in [0.717, 1.165) is 30.4 Å². The molecule has 0 saturated heterocycles. The number of allylic oxidation sites excluding steroid dienone is 4. The van der Waals surface area contributed by atoms with Crippen LogP contribution >= 0.6 is 0 Å². The van der Waals surface area contributed by atoms with Crippen LogP contribution in [0, 0.1) is 17.8 Å². The van der Waals surface area contributed by atoms with Crippen molar-refractivity contribution in [1.29, 1.82) is 0 Å². The van der Waals surface area contributed by atoms with E-state index in [-0.39, 0.29) is 0 Å². The number of aryl methyl sites for hydroxylation is 1. The molecule has 2 unspecified atom stereocenters. The lowest BCUT2D eigenvalue weighted by Crippen LogP contribution is -2.12. The molecule has 0 saturated carbocycles. The summed E-state index contributed by atoms with van der Waals surface area (Å²) in [6.45, 7) is 11.4. The molecule has 0 aliphatic heterocycles. The van der Waals surface area contributed by atoms with Crippen molar-refractivity contribution in [3.8, 4) is 0 Å². The van der Waals surface area contributed by atoms with Gasteiger partial charge in [0.15, 0.2) is 0 Å². The number of anilines is 1. The quantitative estimate of drug-likeness (QED) is 0.334. The summed E-state index contributed by atoms with van der Waals surface area (Å²) in [5.74, 6) is 2.29. The Morgan fingerprint density at radius 3 is 2.17 bits per heavy atom. The lowest BCUT2D eigenvalue weighted by Gasteiger charge is -2.23. The second-order valence-corrected chi connectivity index (χ2v) is 8.53. The molecule has 2 atom stereocenters. The van der Waals surface area contributed by atoms with Crippen molar-refractivity contribution in [2.45, 2.75) is 73.1 Å². The van der Waals surface area contributed by atoms with Crippen molar-refractivity contribution >= 4 is 5.69 Å². The topological polar surface area (TPSA) is 26.0 Å². The van der Waals surface area contributed by atoms with Crippen LogP contribution in [0.15, 0.2) is 71.7 Å². The largest absolute Gasteiger partial charge is 0.399 e. The highest BCUT2D eigenvalue weighted by atomic mass is 14.5. The average molecular weight is 392 g/mol. The number of benzene rings is 1. The Kier molecular flexibility index (Phi) is 12.6. The molecular formula is C28H41N. The number of hydrogen-bond donors (Lipinski definition) is 1. The molecule has 158 valence electrons. The van der Waals surface area contributed by atoms with Crippen LogP contribution in [-0.4, -0.2) is 0 Å². The van der Waals surface area contributed by atoms with Gasteiger partial charge in [0.2, 0.25) is 0 Å². The predicted octanol–water partition coefficient (Wildman–Crippen LogP) is 8.06. The van der Waals surface area contributed by atoms with Crippen LogP contribution in [0.1, 0.15) is 72.3 Å². The van der Waals surface area contributed by atoms with Gasteiger partial charge in [-0.2, -0.15) is 0 Å². The fourth-order valence-corrected chi connectivity index (χ4v) is 3.68. The van der Waals surface area contributed by atoms with Gasteiger partial charge >= 0.3 is 0 Å². The minimum absolute atomic E-state index is 0.662. The van der Waals surface area contributed by atoms with Crippen molar-refractivity contribution in [3.63, 3.8) is 0 Å². The smallest absolute Gasteiger partial charge is 0.0314 e. The Labute approximate surface area is 179 Å². The van der Waals surface area contributed by atoms with E-state index >= 15 is 0 Å². The van der Waals surface area contributed by atoms with Gasteiger partial charge < -0.3 is 5.73 Å². The monoisotopic (exact) mass is 391 g/mol. The molecule has 0 aromatic heterocycles. The van der Waals surface area contributed by atoms with E-state index in [1.54, 1.807) is 0 Å². The fraction of sp³-hybridized carbons (Fsp3) is 0.500. The van der Waals surface area contributed by atoms with E-state index < -0.39 is 0 Å². The molecule has 0 fully saturated rings. The van der Waals surface area contributed by atoms with Gasteiger partial charge in [-0.15, -0.1) is 11.5 Å². The second-order valence-electron chi connectivity index (χ2n) is 8.53. The number of nitrogens with two attached hydrogens (primary N) is 1. The van der Waals surface area contributed by atoms with Crippen molar-refractivity contribution < 1.29 is 0 Å². The summed E-state index contributed by atoms with van der Waals surface area (Å²) in [7, 11) is 0. The first-order valence-corrected chi connectivity index (χ1v) is 11.3. The van der Waals surface area contributed by atoms with Crippen LogP contribution in [0.3, 0.4) is 0 Å². The summed E-state index contributed by atoms with van der Waals surface area (Å²) < 4.78 is 0. The Hall–Kier alpha value is -2.20. The summed E-state index contributed by atoms with van der Waals surface area (Å²) >= 11 is 0. The first-order chi connectivity index (χ1) is 14.0. The van der Waals surface area contributed by atoms with Crippen LogP contribution < -0.4 is 5.73 Å². The minimum atomic E-state index is 0.662. The van der Waals surface area contributed by atoms with Gasteiger partial charge in [-0.3, -0.25) is 0 Å². The fourth-order valence-electron chi connectivity index (χ4n) is 3.68. The molecule has 0 amide bonds. The molecule has 2 rings (SSSR count). The average Bonchev–Trinajstić information content (AvgIpc) is 2.66. The van der Waals surface area contributed by atoms with Crippen molar-refractivity contribution in [2.24, 2.45) is 17.8 Å². The molecule has 1 aliphatic carbocycles. The van der Waals surface area contributed by atoms with E-state index in [0.29, 0.717) is 5.92 Å². The Morgan fingerprint density at radius 1 is 0.897 bits per heavy atom. The lowest BCUT2D eigenvalue weighted by molar-refractivity contribution is 0.325. The summed E-state index contributed by atoms with van der Waals surface area (Å²) in [6, 6.07) is 8.29. The maximum atomic E-state index is 5.76. The standard InChI is InChI=1S/C22H27N.C6H14/c1-3-21(14-11-19-12-15-22(23)16-13-19)18(2)17-20-9-7-5-4-6-8-10-20;1-4-5-6(2)3/h4-5,8-10,12-13,15-16,18,21H,3,11,14,17,23H2,1-2H3;6H,4-5H2,1-3H3/b20-10+;. The SMILES string of the molecule is CCC(CCc1ccc(N)cc1)C(C)C/C1=C/C=C=CC=C=C1.CCCC(C)C. The van der Waals surface area contributed by atoms with E-state index in [1.807, 2.05) is 30.4 Å². The molecule has 0 bridgehead atoms. The molecule has 1 aliphatic rings. The van der Waals surface area contributed by atoms with Crippen LogP contribution in [0.4, 0.5) is 5.69 Å². The highest BCUT2D eigenvalue weighted by Gasteiger charge is 2.16. The number of hydrogen-bond acceptors (Lipinski definition) is 1. The zero-order chi connectivity index (χ0) is 21.5. The number of rotatable bonds is 9. The zero-order valence-corrected chi connectivity index (χ0v) is 19.2. The summed E-state index contributed by atoms with van der Waals surface area (Å²) in [5, 5.41) is 0. The van der Waals surface area contributed by atoms with Crippen molar-refractivity contribution in [2.75, 3.05) is 5.73 Å². The summed E-state index contributed by atoms with van der Waals surface area (Å²) in [6.07, 6.45) is 17.4. The Bertz CT molecular complexity index is 720. The van der Waals surface area contributed by atoms with Gasteiger partial charge in [-0.05, 0) is 84.6 Å². The van der Waals surface area contributed by atoms with Crippen molar-refractivity contribution in [3.05, 3.63) is 77.2 Å². The molecule has 1 aromatic rings. The maximum Gasteiger partial charge on any atom is 0.0314 e. The number of nitrogen functional groups attached to an aromatic ring is 1. The first kappa shape index (κ1) is 24.8. The zero-order valence-electron chi connectivity index (χ0n) is 19.2. The predicted molar refractivity (Wildman–Crippen MR) is 130 cm³/mol. The lowest BCUT2D eigenvalue weighted by atomic mass is 9.82. The molecule has 0 spiro atoms. The van der Waals surface area contributed by atoms with Gasteiger partial charge in [0.1, 0.15) is 0 Å². The molecule has 1 aromatic carbocycles. The third-order valence-electron chi connectivity index (χ3n) is 5.47. The molecule has 29 heavy (non-hydrogen) atoms. The minimum Gasteiger partial charge on any atom is -0.399 e. The second kappa shape index (κ2) is 14.7. The van der Waals surface area contributed by atoms with Crippen LogP contribution in [0.2, 0.25) is 0 Å². The molecule has 2 N–H and O–H groups in total. The van der Waals surface area contributed by atoms with Gasteiger partial charge in [0.05, 0.1) is 0 Å². The molecule has 1 heteroatoms. The van der Waals surface area contributed by atoms with Crippen LogP contribution in [0.25, 0.3) is 0 Å². The highest BCUT2D eigenvalue weighted by molar-refractivity contribution is 5.39. The molecular weight excluding hydrogens is 350 g/mol. The van der Waals surface area contributed by atoms with Gasteiger partial charge in [-0.25, -0.2) is 0 Å². The van der Waals surface area contributed by atoms with Crippen LogP contribution in [0.5, 0.6) is 0 Å². The van der Waals surface area contributed by atoms with Crippen LogP contribution in [-0.2, 0) is 6.42 Å². The normalized spacial score (nSPS) is 16.4. The van der Waals surface area contributed by atoms with E-state index in [9.17, 15) is 0 Å².